The molecule has 6 heteroatoms. The molecular formula is C15H24N4O2. The second kappa shape index (κ2) is 7.93. The molecule has 1 N–H and O–H groups in total. The Kier molecular flexibility index (Phi) is 5.92. The molecule has 1 aromatic rings. The summed E-state index contributed by atoms with van der Waals surface area (Å²) < 4.78 is 5.01. The van der Waals surface area contributed by atoms with Crippen molar-refractivity contribution in [3.63, 3.8) is 0 Å². The molecule has 2 heterocycles. The number of nitrogens with one attached hydrogen (secondary N) is 1. The number of hydrogen-bond donors (Lipinski definition) is 1. The van der Waals surface area contributed by atoms with Gasteiger partial charge in [0.2, 0.25) is 5.91 Å². The number of carbonyl (C=O) groups is 1. The van der Waals surface area contributed by atoms with Crippen LogP contribution in [0, 0.1) is 5.92 Å². The van der Waals surface area contributed by atoms with E-state index in [4.69, 9.17) is 4.74 Å². The Morgan fingerprint density at radius 1 is 1.52 bits per heavy atom. The SMILES string of the molecule is COCCNc1cc(C[C@H]2CCCN(C(C)=O)C2)ncn1. The molecule has 1 aliphatic heterocycles. The first-order valence-electron chi connectivity index (χ1n) is 7.48. The van der Waals surface area contributed by atoms with Crippen molar-refractivity contribution in [3.05, 3.63) is 18.1 Å². The summed E-state index contributed by atoms with van der Waals surface area (Å²) in [6, 6.07) is 1.99. The van der Waals surface area contributed by atoms with Gasteiger partial charge >= 0.3 is 0 Å². The van der Waals surface area contributed by atoms with E-state index in [9.17, 15) is 4.79 Å². The van der Waals surface area contributed by atoms with E-state index < -0.39 is 0 Å². The molecule has 1 aromatic heterocycles. The topological polar surface area (TPSA) is 67.3 Å². The van der Waals surface area contributed by atoms with E-state index in [1.165, 1.54) is 0 Å². The number of nitrogens with zero attached hydrogens (tertiary/aromatic N) is 3. The third-order valence-corrected chi connectivity index (χ3v) is 3.80. The first kappa shape index (κ1) is 15.7. The average molecular weight is 292 g/mol. The van der Waals surface area contributed by atoms with Gasteiger partial charge in [0.25, 0.3) is 0 Å². The molecule has 0 bridgehead atoms. The van der Waals surface area contributed by atoms with E-state index in [2.05, 4.69) is 15.3 Å². The predicted molar refractivity (Wildman–Crippen MR) is 81.1 cm³/mol. The summed E-state index contributed by atoms with van der Waals surface area (Å²) in [4.78, 5) is 22.0. The summed E-state index contributed by atoms with van der Waals surface area (Å²) in [5.74, 6) is 1.49. The summed E-state index contributed by atoms with van der Waals surface area (Å²) in [6.07, 6.45) is 4.72. The number of hydrogen-bond acceptors (Lipinski definition) is 5. The van der Waals surface area contributed by atoms with Crippen molar-refractivity contribution >= 4 is 11.7 Å². The van der Waals surface area contributed by atoms with Crippen molar-refractivity contribution in [3.8, 4) is 0 Å². The Balaban J connectivity index is 1.89. The summed E-state index contributed by atoms with van der Waals surface area (Å²) >= 11 is 0. The summed E-state index contributed by atoms with van der Waals surface area (Å²) in [6.45, 7) is 4.75. The zero-order chi connectivity index (χ0) is 15.1. The largest absolute Gasteiger partial charge is 0.383 e. The van der Waals surface area contributed by atoms with Gasteiger partial charge in [0, 0.05) is 45.4 Å². The Hall–Kier alpha value is -1.69. The highest BCUT2D eigenvalue weighted by Crippen LogP contribution is 2.20. The minimum Gasteiger partial charge on any atom is -0.383 e. The van der Waals surface area contributed by atoms with Gasteiger partial charge in [-0.1, -0.05) is 0 Å². The smallest absolute Gasteiger partial charge is 0.219 e. The van der Waals surface area contributed by atoms with Crippen LogP contribution >= 0.6 is 0 Å². The van der Waals surface area contributed by atoms with Crippen molar-refractivity contribution in [2.75, 3.05) is 38.7 Å². The van der Waals surface area contributed by atoms with Crippen LogP contribution in [0.15, 0.2) is 12.4 Å². The quantitative estimate of drug-likeness (QED) is 0.801. The number of anilines is 1. The number of piperidine rings is 1. The van der Waals surface area contributed by atoms with Gasteiger partial charge in [0.1, 0.15) is 12.1 Å². The molecular weight excluding hydrogens is 268 g/mol. The highest BCUT2D eigenvalue weighted by atomic mass is 16.5. The minimum atomic E-state index is 0.171. The van der Waals surface area contributed by atoms with Gasteiger partial charge < -0.3 is 15.0 Å². The van der Waals surface area contributed by atoms with Gasteiger partial charge in [-0.2, -0.15) is 0 Å². The Labute approximate surface area is 125 Å². The number of carbonyl (C=O) groups excluding carboxylic acids is 1. The fraction of sp³-hybridized carbons (Fsp3) is 0.667. The Bertz CT molecular complexity index is 467. The van der Waals surface area contributed by atoms with Gasteiger partial charge in [0.05, 0.1) is 6.61 Å². The van der Waals surface area contributed by atoms with Crippen LogP contribution in [-0.4, -0.2) is 54.1 Å². The molecule has 1 amide bonds. The van der Waals surface area contributed by atoms with Crippen molar-refractivity contribution in [2.24, 2.45) is 5.92 Å². The van der Waals surface area contributed by atoms with Crippen LogP contribution in [0.25, 0.3) is 0 Å². The van der Waals surface area contributed by atoms with Gasteiger partial charge in [-0.15, -0.1) is 0 Å². The summed E-state index contributed by atoms with van der Waals surface area (Å²) in [5, 5.41) is 3.21. The maximum Gasteiger partial charge on any atom is 0.219 e. The van der Waals surface area contributed by atoms with Gasteiger partial charge in [-0.3, -0.25) is 4.79 Å². The number of amides is 1. The lowest BCUT2D eigenvalue weighted by atomic mass is 9.93. The third kappa shape index (κ3) is 4.97. The van der Waals surface area contributed by atoms with Gasteiger partial charge in [0.15, 0.2) is 0 Å². The van der Waals surface area contributed by atoms with Crippen molar-refractivity contribution in [2.45, 2.75) is 26.2 Å². The molecule has 1 atom stereocenters. The Morgan fingerprint density at radius 2 is 2.38 bits per heavy atom. The lowest BCUT2D eigenvalue weighted by molar-refractivity contribution is -0.130. The van der Waals surface area contributed by atoms with E-state index in [1.54, 1.807) is 20.4 Å². The van der Waals surface area contributed by atoms with Crippen LogP contribution in [0.2, 0.25) is 0 Å². The molecule has 2 rings (SSSR count). The highest BCUT2D eigenvalue weighted by molar-refractivity contribution is 5.73. The normalized spacial score (nSPS) is 18.6. The minimum absolute atomic E-state index is 0.171. The number of aromatic nitrogens is 2. The molecule has 1 saturated heterocycles. The molecule has 1 fully saturated rings. The number of methoxy groups -OCH3 is 1. The molecule has 0 saturated carbocycles. The van der Waals surface area contributed by atoms with Crippen LogP contribution in [0.1, 0.15) is 25.5 Å². The first-order valence-corrected chi connectivity index (χ1v) is 7.48. The molecule has 0 aromatic carbocycles. The molecule has 6 nitrogen and oxygen atoms in total. The molecule has 1 aliphatic rings. The molecule has 0 spiro atoms. The maximum absolute atomic E-state index is 11.5. The zero-order valence-corrected chi connectivity index (χ0v) is 12.8. The van der Waals surface area contributed by atoms with Gasteiger partial charge in [-0.25, -0.2) is 9.97 Å². The van der Waals surface area contributed by atoms with Crippen LogP contribution in [0.5, 0.6) is 0 Å². The van der Waals surface area contributed by atoms with Crippen molar-refractivity contribution < 1.29 is 9.53 Å². The fourth-order valence-corrected chi connectivity index (χ4v) is 2.70. The lowest BCUT2D eigenvalue weighted by Gasteiger charge is -2.31. The fourth-order valence-electron chi connectivity index (χ4n) is 2.70. The molecule has 116 valence electrons. The van der Waals surface area contributed by atoms with E-state index >= 15 is 0 Å². The third-order valence-electron chi connectivity index (χ3n) is 3.80. The van der Waals surface area contributed by atoms with E-state index in [0.29, 0.717) is 12.5 Å². The number of ether oxygens (including phenoxy) is 1. The second-order valence-electron chi connectivity index (χ2n) is 5.49. The van der Waals surface area contributed by atoms with E-state index in [-0.39, 0.29) is 5.91 Å². The standard InChI is InChI=1S/C15H24N4O2/c1-12(20)19-6-3-4-13(10-19)8-14-9-15(18-11-17-14)16-5-7-21-2/h9,11,13H,3-8,10H2,1-2H3,(H,16,17,18)/t13-/m1/s1. The van der Waals surface area contributed by atoms with Crippen molar-refractivity contribution in [1.82, 2.24) is 14.9 Å². The maximum atomic E-state index is 11.5. The van der Waals surface area contributed by atoms with E-state index in [1.807, 2.05) is 11.0 Å². The number of rotatable bonds is 6. The molecule has 0 aliphatic carbocycles. The zero-order valence-electron chi connectivity index (χ0n) is 12.8. The lowest BCUT2D eigenvalue weighted by Crippen LogP contribution is -2.39. The molecule has 0 radical (unpaired) electrons. The van der Waals surface area contributed by atoms with Crippen LogP contribution < -0.4 is 5.32 Å². The Morgan fingerprint density at radius 3 is 3.14 bits per heavy atom. The number of likely N-dealkylation sites (tertiary alicyclic amines) is 1. The van der Waals surface area contributed by atoms with Crippen molar-refractivity contribution in [1.29, 1.82) is 0 Å². The average Bonchev–Trinajstić information content (AvgIpc) is 2.48. The van der Waals surface area contributed by atoms with Crippen LogP contribution in [-0.2, 0) is 16.0 Å². The van der Waals surface area contributed by atoms with Gasteiger partial charge in [-0.05, 0) is 25.2 Å². The molecule has 21 heavy (non-hydrogen) atoms. The monoisotopic (exact) mass is 292 g/mol. The second-order valence-corrected chi connectivity index (χ2v) is 5.49. The summed E-state index contributed by atoms with van der Waals surface area (Å²) in [7, 11) is 1.68. The molecule has 0 unspecified atom stereocenters. The summed E-state index contributed by atoms with van der Waals surface area (Å²) in [5.41, 5.74) is 1.03. The predicted octanol–water partition coefficient (Wildman–Crippen LogP) is 1.34. The van der Waals surface area contributed by atoms with Crippen LogP contribution in [0.3, 0.4) is 0 Å². The highest BCUT2D eigenvalue weighted by Gasteiger charge is 2.22. The van der Waals surface area contributed by atoms with E-state index in [0.717, 1.165) is 50.4 Å². The van der Waals surface area contributed by atoms with Crippen LogP contribution in [0.4, 0.5) is 5.82 Å². The first-order chi connectivity index (χ1) is 10.2.